The van der Waals surface area contributed by atoms with Crippen LogP contribution >= 0.6 is 0 Å². The van der Waals surface area contributed by atoms with Crippen LogP contribution in [0.2, 0.25) is 0 Å². The molecule has 3 rings (SSSR count). The Kier molecular flexibility index (Phi) is 6.03. The molecule has 0 saturated heterocycles. The zero-order chi connectivity index (χ0) is 21.8. The molecule has 0 saturated carbocycles. The monoisotopic (exact) mass is 404 g/mol. The molecule has 2 amide bonds. The minimum absolute atomic E-state index is 0.0943. The number of aromatic hydroxyl groups is 1. The Morgan fingerprint density at radius 2 is 1.77 bits per heavy atom. The number of nitrogens with two attached hydrogens (primary N) is 2. The van der Waals surface area contributed by atoms with Gasteiger partial charge < -0.3 is 26.8 Å². The maximum atomic E-state index is 12.8. The summed E-state index contributed by atoms with van der Waals surface area (Å²) in [7, 11) is 3.80. The topological polar surface area (TPSA) is 122 Å². The smallest absolute Gasteiger partial charge is 0.255 e. The van der Waals surface area contributed by atoms with Gasteiger partial charge in [-0.15, -0.1) is 0 Å². The molecule has 30 heavy (non-hydrogen) atoms. The Morgan fingerprint density at radius 1 is 1.03 bits per heavy atom. The van der Waals surface area contributed by atoms with Crippen molar-refractivity contribution >= 4 is 23.2 Å². The summed E-state index contributed by atoms with van der Waals surface area (Å²) in [5, 5.41) is 13.3. The van der Waals surface area contributed by atoms with Crippen molar-refractivity contribution in [1.29, 1.82) is 0 Å². The number of hydrogen-bond acceptors (Lipinski definition) is 5. The first kappa shape index (κ1) is 20.9. The third kappa shape index (κ3) is 4.26. The van der Waals surface area contributed by atoms with Crippen LogP contribution in [0.5, 0.6) is 5.75 Å². The van der Waals surface area contributed by atoms with E-state index in [1.165, 1.54) is 12.1 Å². The van der Waals surface area contributed by atoms with E-state index >= 15 is 0 Å². The summed E-state index contributed by atoms with van der Waals surface area (Å²) in [5.74, 6) is -1.04. The second kappa shape index (κ2) is 8.67. The van der Waals surface area contributed by atoms with Crippen molar-refractivity contribution in [3.8, 4) is 16.9 Å². The molecule has 0 fully saturated rings. The van der Waals surface area contributed by atoms with E-state index in [1.54, 1.807) is 36.4 Å². The van der Waals surface area contributed by atoms with Crippen LogP contribution in [0.1, 0.15) is 26.3 Å². The van der Waals surface area contributed by atoms with Crippen LogP contribution in [-0.2, 0) is 6.54 Å². The Morgan fingerprint density at radius 3 is 2.43 bits per heavy atom. The van der Waals surface area contributed by atoms with E-state index in [2.05, 4.69) is 5.32 Å². The molecule has 0 spiro atoms. The maximum Gasteiger partial charge on any atom is 0.255 e. The van der Waals surface area contributed by atoms with Crippen molar-refractivity contribution in [2.24, 2.45) is 11.5 Å². The molecule has 7 heteroatoms. The summed E-state index contributed by atoms with van der Waals surface area (Å²) in [6.45, 7) is 0.182. The van der Waals surface area contributed by atoms with Gasteiger partial charge in [0.15, 0.2) is 0 Å². The molecule has 0 aliphatic rings. The van der Waals surface area contributed by atoms with Crippen LogP contribution in [0, 0.1) is 0 Å². The molecule has 0 aliphatic heterocycles. The van der Waals surface area contributed by atoms with Gasteiger partial charge in [0.05, 0.1) is 5.56 Å². The molecule has 0 atom stereocenters. The van der Waals surface area contributed by atoms with Crippen LogP contribution < -0.4 is 21.7 Å². The van der Waals surface area contributed by atoms with Crippen LogP contribution in [0.4, 0.5) is 11.4 Å². The number of benzene rings is 3. The van der Waals surface area contributed by atoms with Crippen LogP contribution in [0.25, 0.3) is 11.1 Å². The van der Waals surface area contributed by atoms with Gasteiger partial charge in [-0.1, -0.05) is 18.2 Å². The molecule has 0 aromatic heterocycles. The summed E-state index contributed by atoms with van der Waals surface area (Å²) in [6.07, 6.45) is 0. The van der Waals surface area contributed by atoms with Gasteiger partial charge in [-0.3, -0.25) is 9.59 Å². The molecule has 3 aromatic rings. The number of rotatable bonds is 6. The van der Waals surface area contributed by atoms with E-state index in [4.69, 9.17) is 11.5 Å². The number of hydrogen-bond donors (Lipinski definition) is 4. The Bertz CT molecular complexity index is 1110. The third-order valence-corrected chi connectivity index (χ3v) is 4.79. The average molecular weight is 404 g/mol. The lowest BCUT2D eigenvalue weighted by Crippen LogP contribution is -2.15. The third-order valence-electron chi connectivity index (χ3n) is 4.79. The fourth-order valence-electron chi connectivity index (χ4n) is 3.22. The van der Waals surface area contributed by atoms with Crippen molar-refractivity contribution in [3.63, 3.8) is 0 Å². The van der Waals surface area contributed by atoms with E-state index in [1.807, 2.05) is 31.1 Å². The van der Waals surface area contributed by atoms with Crippen LogP contribution in [0.3, 0.4) is 0 Å². The summed E-state index contributed by atoms with van der Waals surface area (Å²) in [5.41, 5.74) is 15.0. The quantitative estimate of drug-likeness (QED) is 0.503. The number of nitrogens with one attached hydrogen (secondary N) is 1. The van der Waals surface area contributed by atoms with Crippen molar-refractivity contribution in [3.05, 3.63) is 77.4 Å². The van der Waals surface area contributed by atoms with Gasteiger partial charge in [0.1, 0.15) is 5.75 Å². The van der Waals surface area contributed by atoms with E-state index in [0.29, 0.717) is 22.4 Å². The summed E-state index contributed by atoms with van der Waals surface area (Å²) >= 11 is 0. The van der Waals surface area contributed by atoms with Crippen LogP contribution in [0.15, 0.2) is 60.7 Å². The highest BCUT2D eigenvalue weighted by atomic mass is 16.3. The number of nitrogens with zero attached hydrogens (tertiary/aromatic N) is 1. The van der Waals surface area contributed by atoms with Gasteiger partial charge in [-0.2, -0.15) is 0 Å². The molecule has 7 nitrogen and oxygen atoms in total. The van der Waals surface area contributed by atoms with Gasteiger partial charge in [0.2, 0.25) is 5.91 Å². The molecule has 154 valence electrons. The van der Waals surface area contributed by atoms with Gasteiger partial charge in [-0.25, -0.2) is 0 Å². The minimum atomic E-state index is -0.668. The summed E-state index contributed by atoms with van der Waals surface area (Å²) < 4.78 is 0. The van der Waals surface area contributed by atoms with Crippen molar-refractivity contribution in [2.45, 2.75) is 6.54 Å². The number of anilines is 2. The van der Waals surface area contributed by atoms with E-state index < -0.39 is 5.91 Å². The van der Waals surface area contributed by atoms with Gasteiger partial charge in [-0.05, 0) is 53.6 Å². The first-order valence-corrected chi connectivity index (χ1v) is 9.35. The predicted molar refractivity (Wildman–Crippen MR) is 119 cm³/mol. The number of phenols is 1. The maximum absolute atomic E-state index is 12.8. The normalized spacial score (nSPS) is 10.5. The first-order chi connectivity index (χ1) is 14.3. The highest BCUT2D eigenvalue weighted by molar-refractivity contribution is 6.06. The zero-order valence-electron chi connectivity index (χ0n) is 16.8. The van der Waals surface area contributed by atoms with E-state index in [9.17, 15) is 14.7 Å². The predicted octanol–water partition coefficient (Wildman–Crippen LogP) is 2.94. The van der Waals surface area contributed by atoms with Gasteiger partial charge in [0.25, 0.3) is 5.91 Å². The van der Waals surface area contributed by atoms with Crippen LogP contribution in [-0.4, -0.2) is 31.0 Å². The average Bonchev–Trinajstić information content (AvgIpc) is 2.73. The molecule has 3 aromatic carbocycles. The second-order valence-electron chi connectivity index (χ2n) is 7.04. The molecule has 0 unspecified atom stereocenters. The van der Waals surface area contributed by atoms with E-state index in [-0.39, 0.29) is 29.3 Å². The largest absolute Gasteiger partial charge is 0.507 e. The molecular formula is C23H24N4O3. The van der Waals surface area contributed by atoms with Crippen molar-refractivity contribution in [2.75, 3.05) is 24.3 Å². The summed E-state index contributed by atoms with van der Waals surface area (Å²) in [6, 6.07) is 17.0. The Labute approximate surface area is 174 Å². The number of primary amides is 1. The van der Waals surface area contributed by atoms with Crippen molar-refractivity contribution in [1.82, 2.24) is 0 Å². The molecular weight excluding hydrogens is 380 g/mol. The Balaban J connectivity index is 2.01. The zero-order valence-corrected chi connectivity index (χ0v) is 16.8. The summed E-state index contributed by atoms with van der Waals surface area (Å²) in [4.78, 5) is 26.6. The second-order valence-corrected chi connectivity index (χ2v) is 7.04. The van der Waals surface area contributed by atoms with E-state index in [0.717, 1.165) is 5.69 Å². The fourth-order valence-corrected chi connectivity index (χ4v) is 3.22. The highest BCUT2D eigenvalue weighted by Crippen LogP contribution is 2.36. The fraction of sp³-hybridized carbons (Fsp3) is 0.130. The lowest BCUT2D eigenvalue weighted by Gasteiger charge is -2.16. The molecule has 0 bridgehead atoms. The number of carbonyl (C=O) groups excluding carboxylic acids is 2. The lowest BCUT2D eigenvalue weighted by atomic mass is 9.93. The molecule has 0 radical (unpaired) electrons. The van der Waals surface area contributed by atoms with Gasteiger partial charge in [0, 0.05) is 43.1 Å². The highest BCUT2D eigenvalue weighted by Gasteiger charge is 2.18. The number of phenolic OH excluding ortho intramolecular Hbond substituents is 1. The number of carbonyl (C=O) groups is 2. The first-order valence-electron chi connectivity index (χ1n) is 9.35. The Hall–Kier alpha value is -3.84. The molecule has 6 N–H and O–H groups in total. The lowest BCUT2D eigenvalue weighted by molar-refractivity contribution is 0.0997. The standard InChI is InChI=1S/C23H24N4O3/c1-27(2)17-6-3-5-14(11-17)23(30)26-16-10-9-15(13-24)19(12-16)21-18(22(25)29)7-4-8-20(21)28/h3-12,28H,13,24H2,1-2H3,(H2,25,29)(H,26,30). The SMILES string of the molecule is CN(C)c1cccc(C(=O)Nc2ccc(CN)c(-c3c(O)cccc3C(N)=O)c2)c1. The molecule has 0 aliphatic carbocycles. The minimum Gasteiger partial charge on any atom is -0.507 e. The van der Waals surface area contributed by atoms with Gasteiger partial charge >= 0.3 is 0 Å². The number of amides is 2. The molecule has 0 heterocycles. The van der Waals surface area contributed by atoms with Crippen molar-refractivity contribution < 1.29 is 14.7 Å².